The fourth-order valence-electron chi connectivity index (χ4n) is 3.50. The number of amides is 1. The molecule has 1 atom stereocenters. The van der Waals surface area contributed by atoms with E-state index in [1.54, 1.807) is 14.2 Å². The SMILES string of the molecule is COc1ccc(CN2CCCN(C(=O)C(C)Oc3ccc(OC)cc3)CC2)cc1. The summed E-state index contributed by atoms with van der Waals surface area (Å²) in [5, 5.41) is 0. The third-order valence-electron chi connectivity index (χ3n) is 5.19. The van der Waals surface area contributed by atoms with Gasteiger partial charge in [-0.2, -0.15) is 0 Å². The minimum atomic E-state index is -0.517. The van der Waals surface area contributed by atoms with Crippen LogP contribution in [-0.2, 0) is 11.3 Å². The van der Waals surface area contributed by atoms with Crippen molar-refractivity contribution in [3.05, 3.63) is 54.1 Å². The lowest BCUT2D eigenvalue weighted by atomic mass is 10.2. The van der Waals surface area contributed by atoms with Crippen LogP contribution in [0, 0.1) is 0 Å². The summed E-state index contributed by atoms with van der Waals surface area (Å²) in [5.41, 5.74) is 1.25. The number of hydrogen-bond acceptors (Lipinski definition) is 5. The molecule has 1 heterocycles. The molecule has 0 bridgehead atoms. The quantitative estimate of drug-likeness (QED) is 0.717. The lowest BCUT2D eigenvalue weighted by Crippen LogP contribution is -2.42. The van der Waals surface area contributed by atoms with Gasteiger partial charge in [0.05, 0.1) is 14.2 Å². The fraction of sp³-hybridized carbons (Fsp3) is 0.435. The molecule has 1 unspecified atom stereocenters. The Morgan fingerprint density at radius 2 is 1.45 bits per heavy atom. The Kier molecular flexibility index (Phi) is 7.36. The normalized spacial score (nSPS) is 16.0. The molecule has 0 spiro atoms. The topological polar surface area (TPSA) is 51.2 Å². The van der Waals surface area contributed by atoms with E-state index in [2.05, 4.69) is 17.0 Å². The molecule has 2 aromatic carbocycles. The van der Waals surface area contributed by atoms with Crippen LogP contribution in [-0.4, -0.2) is 62.2 Å². The van der Waals surface area contributed by atoms with E-state index in [1.165, 1.54) is 5.56 Å². The van der Waals surface area contributed by atoms with Crippen molar-refractivity contribution in [2.24, 2.45) is 0 Å². The predicted molar refractivity (Wildman–Crippen MR) is 113 cm³/mol. The Bertz CT molecular complexity index is 776. The van der Waals surface area contributed by atoms with Crippen LogP contribution in [0.25, 0.3) is 0 Å². The first-order chi connectivity index (χ1) is 14.1. The van der Waals surface area contributed by atoms with Gasteiger partial charge in [0.2, 0.25) is 0 Å². The molecular weight excluding hydrogens is 368 g/mol. The van der Waals surface area contributed by atoms with Gasteiger partial charge in [0.1, 0.15) is 17.2 Å². The van der Waals surface area contributed by atoms with Gasteiger partial charge >= 0.3 is 0 Å². The van der Waals surface area contributed by atoms with Crippen LogP contribution in [0.4, 0.5) is 0 Å². The van der Waals surface area contributed by atoms with Crippen molar-refractivity contribution in [1.29, 1.82) is 0 Å². The van der Waals surface area contributed by atoms with Gasteiger partial charge in [-0.1, -0.05) is 12.1 Å². The molecule has 6 heteroatoms. The maximum atomic E-state index is 12.9. The van der Waals surface area contributed by atoms with Crippen LogP contribution < -0.4 is 14.2 Å². The first-order valence-corrected chi connectivity index (χ1v) is 10.0. The zero-order valence-corrected chi connectivity index (χ0v) is 17.5. The second-order valence-electron chi connectivity index (χ2n) is 7.24. The van der Waals surface area contributed by atoms with Gasteiger partial charge in [-0.25, -0.2) is 0 Å². The molecular formula is C23H30N2O4. The summed E-state index contributed by atoms with van der Waals surface area (Å²) in [5.74, 6) is 2.34. The number of hydrogen-bond donors (Lipinski definition) is 0. The molecule has 0 aliphatic carbocycles. The van der Waals surface area contributed by atoms with Gasteiger partial charge in [-0.3, -0.25) is 9.69 Å². The summed E-state index contributed by atoms with van der Waals surface area (Å²) in [6, 6.07) is 15.5. The number of benzene rings is 2. The third kappa shape index (κ3) is 5.87. The highest BCUT2D eigenvalue weighted by atomic mass is 16.5. The molecule has 0 saturated carbocycles. The highest BCUT2D eigenvalue weighted by Crippen LogP contribution is 2.19. The molecule has 0 aromatic heterocycles. The fourth-order valence-corrected chi connectivity index (χ4v) is 3.50. The minimum absolute atomic E-state index is 0.0344. The molecule has 3 rings (SSSR count). The van der Waals surface area contributed by atoms with Gasteiger partial charge in [-0.05, 0) is 55.3 Å². The molecule has 156 valence electrons. The summed E-state index contributed by atoms with van der Waals surface area (Å²) in [6.45, 7) is 5.99. The number of carbonyl (C=O) groups excluding carboxylic acids is 1. The minimum Gasteiger partial charge on any atom is -0.497 e. The highest BCUT2D eigenvalue weighted by Gasteiger charge is 2.24. The molecule has 1 aliphatic heterocycles. The van der Waals surface area contributed by atoms with Crippen molar-refractivity contribution in [1.82, 2.24) is 9.80 Å². The molecule has 2 aromatic rings. The van der Waals surface area contributed by atoms with Gasteiger partial charge in [-0.15, -0.1) is 0 Å². The average molecular weight is 399 g/mol. The molecule has 1 amide bonds. The summed E-state index contributed by atoms with van der Waals surface area (Å²) in [7, 11) is 3.30. The van der Waals surface area contributed by atoms with Crippen LogP contribution in [0.2, 0.25) is 0 Å². The van der Waals surface area contributed by atoms with Crippen LogP contribution in [0.15, 0.2) is 48.5 Å². The van der Waals surface area contributed by atoms with Crippen LogP contribution in [0.3, 0.4) is 0 Å². The number of nitrogens with zero attached hydrogens (tertiary/aromatic N) is 2. The van der Waals surface area contributed by atoms with Crippen molar-refractivity contribution in [3.63, 3.8) is 0 Å². The zero-order chi connectivity index (χ0) is 20.6. The Balaban J connectivity index is 1.51. The first kappa shape index (κ1) is 21.0. The number of ether oxygens (including phenoxy) is 3. The second-order valence-corrected chi connectivity index (χ2v) is 7.24. The summed E-state index contributed by atoms with van der Waals surface area (Å²) >= 11 is 0. The summed E-state index contributed by atoms with van der Waals surface area (Å²) in [4.78, 5) is 17.2. The van der Waals surface area contributed by atoms with Crippen molar-refractivity contribution in [2.75, 3.05) is 40.4 Å². The Hall–Kier alpha value is -2.73. The van der Waals surface area contributed by atoms with E-state index in [1.807, 2.05) is 48.2 Å². The first-order valence-electron chi connectivity index (χ1n) is 10.0. The third-order valence-corrected chi connectivity index (χ3v) is 5.19. The van der Waals surface area contributed by atoms with E-state index in [0.717, 1.165) is 44.1 Å². The Morgan fingerprint density at radius 1 is 0.862 bits per heavy atom. The van der Waals surface area contributed by atoms with Crippen LogP contribution >= 0.6 is 0 Å². The van der Waals surface area contributed by atoms with Gasteiger partial charge < -0.3 is 19.1 Å². The van der Waals surface area contributed by atoms with E-state index in [-0.39, 0.29) is 5.91 Å². The second kappa shape index (κ2) is 10.2. The van der Waals surface area contributed by atoms with Crippen molar-refractivity contribution < 1.29 is 19.0 Å². The number of rotatable bonds is 7. The Labute approximate surface area is 173 Å². The maximum Gasteiger partial charge on any atom is 0.263 e. The molecule has 1 fully saturated rings. The highest BCUT2D eigenvalue weighted by molar-refractivity contribution is 5.81. The smallest absolute Gasteiger partial charge is 0.263 e. The van der Waals surface area contributed by atoms with Crippen LogP contribution in [0.5, 0.6) is 17.2 Å². The summed E-state index contributed by atoms with van der Waals surface area (Å²) < 4.78 is 16.2. The number of carbonyl (C=O) groups is 1. The van der Waals surface area contributed by atoms with E-state index in [9.17, 15) is 4.79 Å². The lowest BCUT2D eigenvalue weighted by Gasteiger charge is -2.25. The van der Waals surface area contributed by atoms with E-state index in [4.69, 9.17) is 14.2 Å². The Morgan fingerprint density at radius 3 is 2.07 bits per heavy atom. The molecule has 29 heavy (non-hydrogen) atoms. The van der Waals surface area contributed by atoms with Crippen LogP contribution in [0.1, 0.15) is 18.9 Å². The van der Waals surface area contributed by atoms with Gasteiger partial charge in [0.15, 0.2) is 6.10 Å². The largest absolute Gasteiger partial charge is 0.497 e. The van der Waals surface area contributed by atoms with Gasteiger partial charge in [0.25, 0.3) is 5.91 Å². The summed E-state index contributed by atoms with van der Waals surface area (Å²) in [6.07, 6.45) is 0.438. The molecule has 0 N–H and O–H groups in total. The molecule has 1 aliphatic rings. The van der Waals surface area contributed by atoms with E-state index >= 15 is 0 Å². The number of methoxy groups -OCH3 is 2. The standard InChI is InChI=1S/C23H30N2O4/c1-18(29-22-11-9-21(28-3)10-12-22)23(26)25-14-4-13-24(15-16-25)17-19-5-7-20(27-2)8-6-19/h5-12,18H,4,13-17H2,1-3H3. The monoisotopic (exact) mass is 398 g/mol. The van der Waals surface area contributed by atoms with Crippen molar-refractivity contribution in [2.45, 2.75) is 26.0 Å². The zero-order valence-electron chi connectivity index (χ0n) is 17.5. The van der Waals surface area contributed by atoms with Crippen molar-refractivity contribution >= 4 is 5.91 Å². The average Bonchev–Trinajstić information content (AvgIpc) is 3.00. The van der Waals surface area contributed by atoms with E-state index in [0.29, 0.717) is 12.3 Å². The molecule has 6 nitrogen and oxygen atoms in total. The predicted octanol–water partition coefficient (Wildman–Crippen LogP) is 3.21. The molecule has 1 saturated heterocycles. The molecule has 0 radical (unpaired) electrons. The maximum absolute atomic E-state index is 12.9. The van der Waals surface area contributed by atoms with E-state index < -0.39 is 6.10 Å². The van der Waals surface area contributed by atoms with Gasteiger partial charge in [0, 0.05) is 32.7 Å². The van der Waals surface area contributed by atoms with Crippen molar-refractivity contribution in [3.8, 4) is 17.2 Å². The lowest BCUT2D eigenvalue weighted by molar-refractivity contribution is -0.137.